The van der Waals surface area contributed by atoms with E-state index in [0.29, 0.717) is 0 Å². The molecule has 37 heavy (non-hydrogen) atoms. The van der Waals surface area contributed by atoms with Crippen molar-refractivity contribution in [2.45, 2.75) is 81.6 Å². The summed E-state index contributed by atoms with van der Waals surface area (Å²) in [6.45, 7) is 7.01. The van der Waals surface area contributed by atoms with E-state index < -0.39 is 46.3 Å². The van der Waals surface area contributed by atoms with Crippen molar-refractivity contribution in [1.29, 1.82) is 0 Å². The summed E-state index contributed by atoms with van der Waals surface area (Å²) in [6, 6.07) is 5.38. The van der Waals surface area contributed by atoms with Gasteiger partial charge in [-0.3, -0.25) is 14.4 Å². The molecule has 0 bridgehead atoms. The molecule has 11 heteroatoms. The minimum Gasteiger partial charge on any atom is -0.391 e. The van der Waals surface area contributed by atoms with E-state index in [2.05, 4.69) is 28.2 Å². The first-order valence-electron chi connectivity index (χ1n) is 12.3. The SMILES string of the molecule is Cc1ncsc1-c1ccc([C@H](C)NC(=O)[C@@H]2C[C@@H](O)CN2C(=O)C(NC(=O)C2(F)CC2)C(C)(C)S)cc1. The number of carbonyl (C=O) groups excluding carboxylic acids is 3. The fourth-order valence-corrected chi connectivity index (χ4v) is 5.49. The zero-order valence-corrected chi connectivity index (χ0v) is 23.0. The van der Waals surface area contributed by atoms with Gasteiger partial charge in [0, 0.05) is 17.7 Å². The van der Waals surface area contributed by atoms with Gasteiger partial charge in [0.1, 0.15) is 12.1 Å². The van der Waals surface area contributed by atoms with E-state index in [4.69, 9.17) is 0 Å². The van der Waals surface area contributed by atoms with Crippen molar-refractivity contribution in [3.8, 4) is 10.4 Å². The van der Waals surface area contributed by atoms with Gasteiger partial charge in [-0.25, -0.2) is 9.37 Å². The van der Waals surface area contributed by atoms with Crippen molar-refractivity contribution in [3.05, 3.63) is 41.0 Å². The maximum atomic E-state index is 14.3. The van der Waals surface area contributed by atoms with E-state index in [9.17, 15) is 23.9 Å². The fourth-order valence-electron chi connectivity index (χ4n) is 4.50. The Kier molecular flexibility index (Phi) is 7.69. The van der Waals surface area contributed by atoms with Crippen LogP contribution >= 0.6 is 24.0 Å². The fraction of sp³-hybridized carbons (Fsp3) is 0.538. The molecule has 0 radical (unpaired) electrons. The predicted molar refractivity (Wildman–Crippen MR) is 143 cm³/mol. The Morgan fingerprint density at radius 3 is 2.43 bits per heavy atom. The molecule has 2 aromatic rings. The number of hydrogen-bond donors (Lipinski definition) is 4. The summed E-state index contributed by atoms with van der Waals surface area (Å²) < 4.78 is 13.3. The van der Waals surface area contributed by atoms with Crippen molar-refractivity contribution < 1.29 is 23.9 Å². The number of alkyl halides is 1. The molecule has 1 saturated carbocycles. The lowest BCUT2D eigenvalue weighted by Gasteiger charge is -2.35. The number of carbonyl (C=O) groups is 3. The van der Waals surface area contributed by atoms with Gasteiger partial charge in [-0.1, -0.05) is 24.3 Å². The van der Waals surface area contributed by atoms with Crippen LogP contribution in [0.2, 0.25) is 0 Å². The highest BCUT2D eigenvalue weighted by molar-refractivity contribution is 7.81. The van der Waals surface area contributed by atoms with Crippen molar-refractivity contribution >= 4 is 41.7 Å². The van der Waals surface area contributed by atoms with Gasteiger partial charge in [0.15, 0.2) is 5.67 Å². The van der Waals surface area contributed by atoms with Crippen LogP contribution in [0.3, 0.4) is 0 Å². The van der Waals surface area contributed by atoms with E-state index in [1.807, 2.05) is 38.1 Å². The number of nitrogens with zero attached hydrogens (tertiary/aromatic N) is 2. The number of rotatable bonds is 8. The van der Waals surface area contributed by atoms with Crippen molar-refractivity contribution in [2.24, 2.45) is 0 Å². The number of hydrogen-bond acceptors (Lipinski definition) is 7. The summed E-state index contributed by atoms with van der Waals surface area (Å²) >= 11 is 6.03. The van der Waals surface area contributed by atoms with E-state index in [1.165, 1.54) is 4.90 Å². The van der Waals surface area contributed by atoms with Gasteiger partial charge in [0.2, 0.25) is 11.8 Å². The topological polar surface area (TPSA) is 112 Å². The monoisotopic (exact) mass is 548 g/mol. The van der Waals surface area contributed by atoms with Crippen LogP contribution in [0.5, 0.6) is 0 Å². The molecule has 2 fully saturated rings. The Hall–Kier alpha value is -2.50. The Bertz CT molecular complexity index is 1180. The third-order valence-corrected chi connectivity index (χ3v) is 8.20. The zero-order valence-electron chi connectivity index (χ0n) is 21.3. The van der Waals surface area contributed by atoms with Crippen LogP contribution in [0.25, 0.3) is 10.4 Å². The van der Waals surface area contributed by atoms with E-state index in [-0.39, 0.29) is 31.8 Å². The van der Waals surface area contributed by atoms with Gasteiger partial charge in [-0.15, -0.1) is 11.3 Å². The molecule has 1 aromatic heterocycles. The van der Waals surface area contributed by atoms with Gasteiger partial charge in [-0.2, -0.15) is 12.6 Å². The molecule has 3 amide bonds. The molecule has 4 rings (SSSR count). The number of aryl methyl sites for hydroxylation is 1. The molecule has 1 saturated heterocycles. The number of halogens is 1. The zero-order chi connectivity index (χ0) is 27.1. The second kappa shape index (κ2) is 10.3. The number of likely N-dealkylation sites (tertiary alicyclic amines) is 1. The molecular weight excluding hydrogens is 515 g/mol. The highest BCUT2D eigenvalue weighted by Gasteiger charge is 2.53. The second-order valence-corrected chi connectivity index (χ2v) is 12.5. The summed E-state index contributed by atoms with van der Waals surface area (Å²) in [5, 5.41) is 15.8. The lowest BCUT2D eigenvalue weighted by atomic mass is 10.00. The standard InChI is InChI=1S/C26H33FN4O4S2/c1-14(16-5-7-17(8-6-16)20-15(2)28-13-37-20)29-22(33)19-11-18(32)12-31(19)23(34)21(25(3,4)36)30-24(35)26(27)9-10-26/h5-8,13-14,18-19,21,32,36H,9-12H2,1-4H3,(H,29,33)(H,30,35)/t14-,18+,19-,21?/m0/s1. The molecular formula is C26H33FN4O4S2. The number of thiazole rings is 1. The van der Waals surface area contributed by atoms with Crippen molar-refractivity contribution in [3.63, 3.8) is 0 Å². The summed E-state index contributed by atoms with van der Waals surface area (Å²) in [6.07, 6.45) is -0.604. The number of amides is 3. The van der Waals surface area contributed by atoms with Gasteiger partial charge >= 0.3 is 0 Å². The molecule has 8 nitrogen and oxygen atoms in total. The lowest BCUT2D eigenvalue weighted by Crippen LogP contribution is -2.60. The van der Waals surface area contributed by atoms with Crippen LogP contribution in [-0.2, 0) is 14.4 Å². The molecule has 200 valence electrons. The minimum absolute atomic E-state index is 0.0641. The maximum Gasteiger partial charge on any atom is 0.258 e. The Labute approximate surface area is 225 Å². The Balaban J connectivity index is 1.46. The first kappa shape index (κ1) is 27.5. The van der Waals surface area contributed by atoms with Gasteiger partial charge in [0.25, 0.3) is 5.91 Å². The number of aliphatic hydroxyl groups is 1. The minimum atomic E-state index is -1.96. The molecule has 0 spiro atoms. The van der Waals surface area contributed by atoms with Crippen LogP contribution in [0.1, 0.15) is 57.3 Å². The smallest absolute Gasteiger partial charge is 0.258 e. The third kappa shape index (κ3) is 5.99. The predicted octanol–water partition coefficient (Wildman–Crippen LogP) is 2.95. The lowest BCUT2D eigenvalue weighted by molar-refractivity contribution is -0.143. The van der Waals surface area contributed by atoms with Gasteiger partial charge < -0.3 is 20.6 Å². The van der Waals surface area contributed by atoms with Crippen molar-refractivity contribution in [2.75, 3.05) is 6.54 Å². The van der Waals surface area contributed by atoms with Crippen LogP contribution in [-0.4, -0.2) is 67.9 Å². The maximum absolute atomic E-state index is 14.3. The normalized spacial score (nSPS) is 22.3. The van der Waals surface area contributed by atoms with Crippen LogP contribution in [0.4, 0.5) is 4.39 Å². The Morgan fingerprint density at radius 1 is 1.24 bits per heavy atom. The number of aliphatic hydroxyl groups excluding tert-OH is 1. The third-order valence-electron chi connectivity index (χ3n) is 6.97. The molecule has 2 heterocycles. The van der Waals surface area contributed by atoms with Gasteiger partial charge in [-0.05, 0) is 51.7 Å². The number of thiol groups is 1. The van der Waals surface area contributed by atoms with Crippen LogP contribution in [0.15, 0.2) is 29.8 Å². The molecule has 1 aromatic carbocycles. The number of nitrogens with one attached hydrogen (secondary N) is 2. The number of aromatic nitrogens is 1. The first-order chi connectivity index (χ1) is 17.3. The van der Waals surface area contributed by atoms with Crippen LogP contribution < -0.4 is 10.6 Å². The number of benzene rings is 1. The largest absolute Gasteiger partial charge is 0.391 e. The van der Waals surface area contributed by atoms with Crippen LogP contribution in [0, 0.1) is 6.92 Å². The van der Waals surface area contributed by atoms with Crippen molar-refractivity contribution in [1.82, 2.24) is 20.5 Å². The van der Waals surface area contributed by atoms with Gasteiger partial charge in [0.05, 0.1) is 28.2 Å². The summed E-state index contributed by atoms with van der Waals surface area (Å²) in [5.41, 5.74) is 2.73. The number of β-amino-alcohol motifs (C(OH)–C–C–N with tert-alkyl or cyclic N) is 1. The van der Waals surface area contributed by atoms with E-state index in [1.54, 1.807) is 30.7 Å². The highest BCUT2D eigenvalue weighted by Crippen LogP contribution is 2.40. The average Bonchev–Trinajstić information content (AvgIpc) is 3.25. The Morgan fingerprint density at radius 2 is 1.89 bits per heavy atom. The molecule has 3 N–H and O–H groups in total. The molecule has 2 aliphatic rings. The molecule has 1 unspecified atom stereocenters. The summed E-state index contributed by atoms with van der Waals surface area (Å²) in [5.74, 6) is -1.84. The molecule has 4 atom stereocenters. The summed E-state index contributed by atoms with van der Waals surface area (Å²) in [4.78, 5) is 45.8. The second-order valence-electron chi connectivity index (χ2n) is 10.5. The molecule has 1 aliphatic heterocycles. The van der Waals surface area contributed by atoms with E-state index >= 15 is 0 Å². The molecule has 1 aliphatic carbocycles. The first-order valence-corrected chi connectivity index (χ1v) is 13.6. The highest BCUT2D eigenvalue weighted by atomic mass is 32.1. The average molecular weight is 549 g/mol. The summed E-state index contributed by atoms with van der Waals surface area (Å²) in [7, 11) is 0. The quantitative estimate of drug-likeness (QED) is 0.379. The van der Waals surface area contributed by atoms with E-state index in [0.717, 1.165) is 21.7 Å².